The van der Waals surface area contributed by atoms with Crippen LogP contribution in [-0.4, -0.2) is 55.7 Å². The summed E-state index contributed by atoms with van der Waals surface area (Å²) in [4.78, 5) is 37.8. The highest BCUT2D eigenvalue weighted by Gasteiger charge is 2.48. The van der Waals surface area contributed by atoms with E-state index in [0.29, 0.717) is 13.0 Å². The lowest BCUT2D eigenvalue weighted by Crippen LogP contribution is -2.48. The number of carbonyl (C=O) groups is 3. The molecule has 1 rings (SSSR count). The minimum atomic E-state index is -1.99. The zero-order valence-electron chi connectivity index (χ0n) is 17.7. The molecule has 0 aromatic rings. The van der Waals surface area contributed by atoms with Crippen LogP contribution in [0.15, 0.2) is 0 Å². The van der Waals surface area contributed by atoms with Gasteiger partial charge in [0.15, 0.2) is 14.1 Å². The van der Waals surface area contributed by atoms with Crippen molar-refractivity contribution in [3.8, 4) is 0 Å². The lowest BCUT2D eigenvalue weighted by Gasteiger charge is -2.37. The Morgan fingerprint density at radius 1 is 1.15 bits per heavy atom. The van der Waals surface area contributed by atoms with Crippen molar-refractivity contribution in [3.63, 3.8) is 0 Å². The normalized spacial score (nSPS) is 24.5. The van der Waals surface area contributed by atoms with E-state index in [4.69, 9.17) is 9.16 Å². The number of Topliss-reactive ketones (excluding diaryl/α,β-unsaturated/α-hetero) is 1. The van der Waals surface area contributed by atoms with E-state index in [1.54, 1.807) is 20.8 Å². The van der Waals surface area contributed by atoms with Gasteiger partial charge in [0.25, 0.3) is 0 Å². The lowest BCUT2D eigenvalue weighted by molar-refractivity contribution is -0.122. The number of likely N-dealkylation sites (tertiary alicyclic amines) is 1. The molecule has 1 aliphatic heterocycles. The first-order valence-corrected chi connectivity index (χ1v) is 12.1. The standard InChI is InChI=1S/C19H35NO5Si/c1-13(22)15-10-14(12-24-26(8,9)19(5,6)7)16(11-21)20(15)17(23)25-18(2,3)4/h11,14-16H,10,12H2,1-9H3/t14-,15+,16-/m0/s1. The van der Waals surface area contributed by atoms with Crippen molar-refractivity contribution < 1.29 is 23.5 Å². The zero-order valence-corrected chi connectivity index (χ0v) is 18.7. The Balaban J connectivity index is 3.01. The van der Waals surface area contributed by atoms with Gasteiger partial charge >= 0.3 is 6.09 Å². The number of nitrogens with zero attached hydrogens (tertiary/aromatic N) is 1. The van der Waals surface area contributed by atoms with Crippen LogP contribution in [0, 0.1) is 5.92 Å². The first-order chi connectivity index (χ1) is 11.6. The fourth-order valence-electron chi connectivity index (χ4n) is 2.78. The number of aldehydes is 1. The largest absolute Gasteiger partial charge is 0.444 e. The van der Waals surface area contributed by atoms with Crippen LogP contribution in [0.1, 0.15) is 54.9 Å². The van der Waals surface area contributed by atoms with Crippen LogP contribution in [0.25, 0.3) is 0 Å². The molecule has 1 aliphatic rings. The highest BCUT2D eigenvalue weighted by Crippen LogP contribution is 2.38. The molecule has 0 aliphatic carbocycles. The van der Waals surface area contributed by atoms with E-state index < -0.39 is 32.1 Å². The second-order valence-electron chi connectivity index (χ2n) is 9.71. The van der Waals surface area contributed by atoms with Crippen molar-refractivity contribution in [1.82, 2.24) is 4.90 Å². The van der Waals surface area contributed by atoms with Crippen LogP contribution in [0.4, 0.5) is 4.79 Å². The molecule has 0 spiro atoms. The Labute approximate surface area is 158 Å². The van der Waals surface area contributed by atoms with Crippen LogP contribution in [0.5, 0.6) is 0 Å². The number of hydrogen-bond acceptors (Lipinski definition) is 5. The first kappa shape index (κ1) is 22.8. The molecule has 1 fully saturated rings. The molecule has 0 bridgehead atoms. The van der Waals surface area contributed by atoms with Gasteiger partial charge in [0.2, 0.25) is 0 Å². The van der Waals surface area contributed by atoms with Crippen molar-refractivity contribution in [1.29, 1.82) is 0 Å². The van der Waals surface area contributed by atoms with Gasteiger partial charge in [0, 0.05) is 12.5 Å². The number of rotatable bonds is 5. The molecule has 0 aromatic carbocycles. The number of ketones is 1. The summed E-state index contributed by atoms with van der Waals surface area (Å²) in [6, 6.07) is -1.35. The van der Waals surface area contributed by atoms with Gasteiger partial charge in [-0.15, -0.1) is 0 Å². The van der Waals surface area contributed by atoms with Crippen molar-refractivity contribution >= 4 is 26.5 Å². The molecule has 6 nitrogen and oxygen atoms in total. The Morgan fingerprint density at radius 2 is 1.69 bits per heavy atom. The fraction of sp³-hybridized carbons (Fsp3) is 0.842. The van der Waals surface area contributed by atoms with Crippen LogP contribution < -0.4 is 0 Å². The molecule has 0 saturated carbocycles. The van der Waals surface area contributed by atoms with E-state index >= 15 is 0 Å². The predicted octanol–water partition coefficient (Wildman–Crippen LogP) is 3.79. The molecule has 1 heterocycles. The van der Waals surface area contributed by atoms with Crippen LogP contribution in [0.3, 0.4) is 0 Å². The monoisotopic (exact) mass is 385 g/mol. The quantitative estimate of drug-likeness (QED) is 0.532. The molecule has 0 unspecified atom stereocenters. The average molecular weight is 386 g/mol. The SMILES string of the molecule is CC(=O)[C@H]1C[C@@H](CO[Si](C)(C)C(C)(C)C)[C@H](C=O)N1C(=O)OC(C)(C)C. The van der Waals surface area contributed by atoms with E-state index in [9.17, 15) is 14.4 Å². The maximum absolute atomic E-state index is 12.6. The molecule has 0 radical (unpaired) electrons. The summed E-state index contributed by atoms with van der Waals surface area (Å²) in [5.41, 5.74) is -0.693. The smallest absolute Gasteiger partial charge is 0.411 e. The fourth-order valence-corrected chi connectivity index (χ4v) is 3.84. The van der Waals surface area contributed by atoms with Crippen LogP contribution >= 0.6 is 0 Å². The Morgan fingerprint density at radius 3 is 2.08 bits per heavy atom. The second-order valence-corrected chi connectivity index (χ2v) is 14.5. The molecule has 1 saturated heterocycles. The summed E-state index contributed by atoms with van der Waals surface area (Å²) in [7, 11) is -1.99. The number of carbonyl (C=O) groups excluding carboxylic acids is 3. The summed E-state index contributed by atoms with van der Waals surface area (Å²) >= 11 is 0. The van der Waals surface area contributed by atoms with E-state index in [0.717, 1.165) is 6.29 Å². The Hall–Kier alpha value is -1.21. The molecule has 0 aromatic heterocycles. The minimum absolute atomic E-state index is 0.0487. The molecule has 1 amide bonds. The molecular formula is C19H35NO5Si. The van der Waals surface area contributed by atoms with E-state index in [1.165, 1.54) is 11.8 Å². The van der Waals surface area contributed by atoms with Crippen molar-refractivity contribution in [3.05, 3.63) is 0 Å². The Kier molecular flexibility index (Phi) is 6.85. The number of ether oxygens (including phenoxy) is 1. The third kappa shape index (κ3) is 5.39. The number of hydrogen-bond donors (Lipinski definition) is 0. The highest BCUT2D eigenvalue weighted by molar-refractivity contribution is 6.74. The summed E-state index contributed by atoms with van der Waals surface area (Å²) in [6.07, 6.45) is 0.545. The molecule has 0 N–H and O–H groups in total. The van der Waals surface area contributed by atoms with E-state index in [-0.39, 0.29) is 16.7 Å². The van der Waals surface area contributed by atoms with Crippen LogP contribution in [-0.2, 0) is 18.8 Å². The van der Waals surface area contributed by atoms with Gasteiger partial charge in [0.05, 0.1) is 12.1 Å². The second kappa shape index (κ2) is 7.80. The van der Waals surface area contributed by atoms with E-state index in [1.807, 2.05) is 0 Å². The van der Waals surface area contributed by atoms with Crippen molar-refractivity contribution in [2.45, 2.75) is 90.7 Å². The van der Waals surface area contributed by atoms with Gasteiger partial charge in [-0.2, -0.15) is 0 Å². The van der Waals surface area contributed by atoms with Gasteiger partial charge in [-0.3, -0.25) is 9.69 Å². The van der Waals surface area contributed by atoms with Gasteiger partial charge in [0.1, 0.15) is 11.9 Å². The van der Waals surface area contributed by atoms with Gasteiger partial charge in [-0.25, -0.2) is 4.79 Å². The molecule has 3 atom stereocenters. The molecule has 150 valence electrons. The summed E-state index contributed by atoms with van der Waals surface area (Å²) in [5, 5.41) is 0.0487. The van der Waals surface area contributed by atoms with Crippen molar-refractivity contribution in [2.75, 3.05) is 6.61 Å². The van der Waals surface area contributed by atoms with Crippen molar-refractivity contribution in [2.24, 2.45) is 5.92 Å². The maximum atomic E-state index is 12.6. The molecule has 7 heteroatoms. The third-order valence-corrected chi connectivity index (χ3v) is 9.84. The predicted molar refractivity (Wildman–Crippen MR) is 104 cm³/mol. The molecular weight excluding hydrogens is 350 g/mol. The van der Waals surface area contributed by atoms with E-state index in [2.05, 4.69) is 33.9 Å². The number of amides is 1. The molecule has 26 heavy (non-hydrogen) atoms. The Bertz CT molecular complexity index is 547. The summed E-state index contributed by atoms with van der Waals surface area (Å²) in [5.74, 6) is -0.347. The van der Waals surface area contributed by atoms with Gasteiger partial charge in [-0.1, -0.05) is 20.8 Å². The minimum Gasteiger partial charge on any atom is -0.444 e. The average Bonchev–Trinajstić information content (AvgIpc) is 2.81. The summed E-state index contributed by atoms with van der Waals surface area (Å²) in [6.45, 7) is 17.8. The lowest BCUT2D eigenvalue weighted by atomic mass is 10.00. The highest BCUT2D eigenvalue weighted by atomic mass is 28.4. The summed E-state index contributed by atoms with van der Waals surface area (Å²) < 4.78 is 11.7. The zero-order chi connectivity index (χ0) is 20.5. The van der Waals surface area contributed by atoms with Gasteiger partial charge in [-0.05, 0) is 52.2 Å². The third-order valence-electron chi connectivity index (χ3n) is 5.34. The first-order valence-electron chi connectivity index (χ1n) is 9.22. The van der Waals surface area contributed by atoms with Gasteiger partial charge < -0.3 is 14.0 Å². The topological polar surface area (TPSA) is 72.9 Å². The maximum Gasteiger partial charge on any atom is 0.411 e. The van der Waals surface area contributed by atoms with Crippen LogP contribution in [0.2, 0.25) is 18.1 Å².